The molecule has 0 unspecified atom stereocenters. The number of nitrogens with one attached hydrogen (secondary N) is 2. The number of carbonyl (C=O) groups is 2. The summed E-state index contributed by atoms with van der Waals surface area (Å²) in [5.74, 6) is 0.342. The summed E-state index contributed by atoms with van der Waals surface area (Å²) in [5, 5.41) is 7.69. The van der Waals surface area contributed by atoms with Crippen LogP contribution in [0.1, 0.15) is 16.1 Å². The summed E-state index contributed by atoms with van der Waals surface area (Å²) in [6.45, 7) is 0. The molecule has 35 heavy (non-hydrogen) atoms. The van der Waals surface area contributed by atoms with E-state index in [1.165, 1.54) is 11.3 Å². The Morgan fingerprint density at radius 2 is 1.60 bits per heavy atom. The molecule has 5 aromatic rings. The van der Waals surface area contributed by atoms with E-state index in [2.05, 4.69) is 15.6 Å². The van der Waals surface area contributed by atoms with Gasteiger partial charge in [-0.2, -0.15) is 0 Å². The van der Waals surface area contributed by atoms with Crippen LogP contribution >= 0.6 is 11.3 Å². The highest BCUT2D eigenvalue weighted by atomic mass is 32.1. The van der Waals surface area contributed by atoms with Gasteiger partial charge < -0.3 is 15.4 Å². The monoisotopic (exact) mass is 482 g/mol. The minimum Gasteiger partial charge on any atom is -0.497 e. The van der Waals surface area contributed by atoms with Gasteiger partial charge in [-0.15, -0.1) is 11.3 Å². The Kier molecular flexibility index (Phi) is 6.28. The highest BCUT2D eigenvalue weighted by Gasteiger charge is 2.13. The Bertz CT molecular complexity index is 1470. The molecule has 2 heterocycles. The quantitative estimate of drug-likeness (QED) is 0.321. The molecule has 0 spiro atoms. The molecule has 0 aliphatic rings. The second kappa shape index (κ2) is 9.82. The van der Waals surface area contributed by atoms with Crippen molar-refractivity contribution in [2.75, 3.05) is 17.7 Å². The number of carbonyl (C=O) groups excluding carboxylic acids is 2. The molecular weight excluding hydrogens is 460 g/mol. The standard InChI is InChI=1S/C27H22N4O3S/c1-34-23-13-11-21(12-14-23)29-26(33)19-7-9-20(10-8-19)28-25(32)15-22-17-35-27-30-24(16-31(22)27)18-5-3-2-4-6-18/h2-14,16-17H,15H2,1H3,(H,28,32)(H,29,33). The fraction of sp³-hybridized carbons (Fsp3) is 0.0741. The molecular formula is C27H22N4O3S. The zero-order valence-electron chi connectivity index (χ0n) is 18.9. The maximum absolute atomic E-state index is 12.7. The molecule has 0 aliphatic carbocycles. The maximum Gasteiger partial charge on any atom is 0.255 e. The fourth-order valence-electron chi connectivity index (χ4n) is 3.66. The summed E-state index contributed by atoms with van der Waals surface area (Å²) in [5.41, 5.74) is 4.57. The average molecular weight is 483 g/mol. The van der Waals surface area contributed by atoms with Crippen LogP contribution in [0.15, 0.2) is 90.4 Å². The molecule has 0 fully saturated rings. The minimum atomic E-state index is -0.233. The number of fused-ring (bicyclic) bond motifs is 1. The molecule has 2 amide bonds. The van der Waals surface area contributed by atoms with E-state index in [0.29, 0.717) is 16.9 Å². The molecule has 0 saturated heterocycles. The van der Waals surface area contributed by atoms with Gasteiger partial charge >= 0.3 is 0 Å². The first-order chi connectivity index (χ1) is 17.1. The van der Waals surface area contributed by atoms with Gasteiger partial charge in [-0.3, -0.25) is 14.0 Å². The molecule has 2 N–H and O–H groups in total. The fourth-order valence-corrected chi connectivity index (χ4v) is 4.53. The number of aromatic nitrogens is 2. The van der Waals surface area contributed by atoms with Crippen molar-refractivity contribution < 1.29 is 14.3 Å². The van der Waals surface area contributed by atoms with E-state index >= 15 is 0 Å². The molecule has 0 aliphatic heterocycles. The topological polar surface area (TPSA) is 84.7 Å². The van der Waals surface area contributed by atoms with Crippen molar-refractivity contribution in [2.45, 2.75) is 6.42 Å². The third-order valence-corrected chi connectivity index (χ3v) is 6.36. The van der Waals surface area contributed by atoms with Crippen LogP contribution in [0.25, 0.3) is 16.2 Å². The smallest absolute Gasteiger partial charge is 0.255 e. The van der Waals surface area contributed by atoms with Crippen LogP contribution in [0, 0.1) is 0 Å². The molecule has 2 aromatic heterocycles. The number of rotatable bonds is 7. The first-order valence-electron chi connectivity index (χ1n) is 11.0. The summed E-state index contributed by atoms with van der Waals surface area (Å²) in [4.78, 5) is 30.7. The molecule has 3 aromatic carbocycles. The highest BCUT2D eigenvalue weighted by Crippen LogP contribution is 2.24. The second-order valence-electron chi connectivity index (χ2n) is 7.86. The first-order valence-corrected chi connectivity index (χ1v) is 11.8. The lowest BCUT2D eigenvalue weighted by Crippen LogP contribution is -2.16. The van der Waals surface area contributed by atoms with Crippen LogP contribution in [0.5, 0.6) is 5.75 Å². The van der Waals surface area contributed by atoms with Crippen molar-refractivity contribution in [3.05, 3.63) is 102 Å². The van der Waals surface area contributed by atoms with Crippen LogP contribution < -0.4 is 15.4 Å². The molecule has 0 radical (unpaired) electrons. The van der Waals surface area contributed by atoms with Gasteiger partial charge in [0.15, 0.2) is 4.96 Å². The van der Waals surface area contributed by atoms with Gasteiger partial charge in [-0.1, -0.05) is 30.3 Å². The van der Waals surface area contributed by atoms with Gasteiger partial charge in [0.25, 0.3) is 5.91 Å². The molecule has 5 rings (SSSR count). The number of methoxy groups -OCH3 is 1. The van der Waals surface area contributed by atoms with Crippen molar-refractivity contribution in [2.24, 2.45) is 0 Å². The Labute approximate surface area is 206 Å². The van der Waals surface area contributed by atoms with Crippen LogP contribution in [-0.4, -0.2) is 28.3 Å². The summed E-state index contributed by atoms with van der Waals surface area (Å²) in [7, 11) is 1.59. The molecule has 0 saturated carbocycles. The largest absolute Gasteiger partial charge is 0.497 e. The third kappa shape index (κ3) is 5.07. The Balaban J connectivity index is 1.21. The van der Waals surface area contributed by atoms with Gasteiger partial charge in [0.1, 0.15) is 5.75 Å². The number of imidazole rings is 1. The molecule has 7 nitrogen and oxygen atoms in total. The van der Waals surface area contributed by atoms with E-state index in [9.17, 15) is 9.59 Å². The summed E-state index contributed by atoms with van der Waals surface area (Å²) in [6, 6.07) is 23.9. The van der Waals surface area contributed by atoms with Gasteiger partial charge in [0.2, 0.25) is 5.91 Å². The zero-order valence-corrected chi connectivity index (χ0v) is 19.7. The van der Waals surface area contributed by atoms with Crippen molar-refractivity contribution in [1.29, 1.82) is 0 Å². The van der Waals surface area contributed by atoms with Gasteiger partial charge in [-0.25, -0.2) is 4.98 Å². The van der Waals surface area contributed by atoms with E-state index in [1.54, 1.807) is 55.6 Å². The number of benzene rings is 3. The third-order valence-electron chi connectivity index (χ3n) is 5.47. The van der Waals surface area contributed by atoms with Crippen molar-refractivity contribution >= 4 is 39.5 Å². The Morgan fingerprint density at radius 1 is 0.914 bits per heavy atom. The number of amides is 2. The number of thiazole rings is 1. The van der Waals surface area contributed by atoms with Crippen molar-refractivity contribution in [3.63, 3.8) is 0 Å². The van der Waals surface area contributed by atoms with E-state index < -0.39 is 0 Å². The van der Waals surface area contributed by atoms with E-state index in [4.69, 9.17) is 4.74 Å². The number of nitrogens with zero attached hydrogens (tertiary/aromatic N) is 2. The summed E-state index contributed by atoms with van der Waals surface area (Å²) in [6.07, 6.45) is 2.17. The molecule has 0 bridgehead atoms. The van der Waals surface area contributed by atoms with Gasteiger partial charge in [0.05, 0.1) is 19.2 Å². The Morgan fingerprint density at radius 3 is 2.31 bits per heavy atom. The maximum atomic E-state index is 12.7. The van der Waals surface area contributed by atoms with Crippen LogP contribution in [0.2, 0.25) is 0 Å². The Hall–Kier alpha value is -4.43. The van der Waals surface area contributed by atoms with Crippen molar-refractivity contribution in [1.82, 2.24) is 9.38 Å². The zero-order chi connectivity index (χ0) is 24.2. The van der Waals surface area contributed by atoms with Crippen LogP contribution in [-0.2, 0) is 11.2 Å². The summed E-state index contributed by atoms with van der Waals surface area (Å²) < 4.78 is 7.08. The van der Waals surface area contributed by atoms with E-state index in [1.807, 2.05) is 46.3 Å². The number of hydrogen-bond donors (Lipinski definition) is 2. The number of anilines is 2. The average Bonchev–Trinajstić information content (AvgIpc) is 3.47. The normalized spacial score (nSPS) is 10.8. The van der Waals surface area contributed by atoms with E-state index in [0.717, 1.165) is 27.7 Å². The highest BCUT2D eigenvalue weighted by molar-refractivity contribution is 7.15. The lowest BCUT2D eigenvalue weighted by molar-refractivity contribution is -0.115. The predicted octanol–water partition coefficient (Wildman–Crippen LogP) is 5.50. The minimum absolute atomic E-state index is 0.143. The van der Waals surface area contributed by atoms with Crippen LogP contribution in [0.3, 0.4) is 0 Å². The first kappa shape index (κ1) is 22.4. The lowest BCUT2D eigenvalue weighted by Gasteiger charge is -2.08. The van der Waals surface area contributed by atoms with Gasteiger partial charge in [-0.05, 0) is 48.5 Å². The molecule has 8 heteroatoms. The summed E-state index contributed by atoms with van der Waals surface area (Å²) >= 11 is 1.51. The van der Waals surface area contributed by atoms with Gasteiger partial charge in [0, 0.05) is 39.8 Å². The molecule has 0 atom stereocenters. The van der Waals surface area contributed by atoms with E-state index in [-0.39, 0.29) is 18.2 Å². The SMILES string of the molecule is COc1ccc(NC(=O)c2ccc(NC(=O)Cc3csc4nc(-c5ccccc5)cn34)cc2)cc1. The van der Waals surface area contributed by atoms with Crippen molar-refractivity contribution in [3.8, 4) is 17.0 Å². The molecule has 174 valence electrons. The van der Waals surface area contributed by atoms with Crippen LogP contribution in [0.4, 0.5) is 11.4 Å². The lowest BCUT2D eigenvalue weighted by atomic mass is 10.2. The second-order valence-corrected chi connectivity index (χ2v) is 8.69. The number of hydrogen-bond acceptors (Lipinski definition) is 5. The predicted molar refractivity (Wildman–Crippen MR) is 138 cm³/mol. The number of ether oxygens (including phenoxy) is 1.